The minimum absolute atomic E-state index is 0.148. The lowest BCUT2D eigenvalue weighted by atomic mass is 9.83. The molecule has 21 heavy (non-hydrogen) atoms. The highest BCUT2D eigenvalue weighted by molar-refractivity contribution is 7.93. The summed E-state index contributed by atoms with van der Waals surface area (Å²) >= 11 is 0. The van der Waals surface area contributed by atoms with E-state index in [1.165, 1.54) is 18.2 Å². The van der Waals surface area contributed by atoms with Crippen molar-refractivity contribution in [2.75, 3.05) is 11.6 Å². The maximum atomic E-state index is 12.3. The van der Waals surface area contributed by atoms with Crippen LogP contribution in [0, 0.1) is 6.92 Å². The molecule has 0 atom stereocenters. The van der Waals surface area contributed by atoms with Crippen LogP contribution in [0.2, 0.25) is 0 Å². The quantitative estimate of drug-likeness (QED) is 0.879. The number of nitrogens with one attached hydrogen (secondary N) is 1. The number of hydrogen-bond acceptors (Lipinski definition) is 4. The molecule has 1 saturated carbocycles. The van der Waals surface area contributed by atoms with Crippen molar-refractivity contribution in [3.05, 3.63) is 29.3 Å². The number of aryl methyl sites for hydroxylation is 1. The van der Waals surface area contributed by atoms with Crippen molar-refractivity contribution in [1.82, 2.24) is 0 Å². The van der Waals surface area contributed by atoms with Crippen molar-refractivity contribution in [3.8, 4) is 0 Å². The van der Waals surface area contributed by atoms with Crippen molar-refractivity contribution in [3.63, 3.8) is 0 Å². The van der Waals surface area contributed by atoms with E-state index in [-0.39, 0.29) is 5.56 Å². The van der Waals surface area contributed by atoms with E-state index in [1.807, 2.05) is 0 Å². The second-order valence-electron chi connectivity index (χ2n) is 5.41. The molecule has 1 aliphatic carbocycles. The topological polar surface area (TPSA) is 101 Å². The van der Waals surface area contributed by atoms with Gasteiger partial charge in [-0.3, -0.25) is 4.79 Å². The van der Waals surface area contributed by atoms with E-state index in [2.05, 4.69) is 5.32 Å². The summed E-state index contributed by atoms with van der Waals surface area (Å²) in [5, 5.41) is 11.5. The molecule has 0 radical (unpaired) electrons. The monoisotopic (exact) mass is 311 g/mol. The molecular formula is C14H17NO5S. The predicted octanol–water partition coefficient (Wildman–Crippen LogP) is 1.60. The summed E-state index contributed by atoms with van der Waals surface area (Å²) in [6.45, 7) is 1.62. The Kier molecular flexibility index (Phi) is 3.79. The first-order valence-corrected chi connectivity index (χ1v) is 8.41. The maximum Gasteiger partial charge on any atom is 0.335 e. The molecule has 2 N–H and O–H groups in total. The molecule has 0 unspecified atom stereocenters. The number of anilines is 1. The summed E-state index contributed by atoms with van der Waals surface area (Å²) in [7, 11) is -3.48. The summed E-state index contributed by atoms with van der Waals surface area (Å²) in [6.07, 6.45) is 2.43. The van der Waals surface area contributed by atoms with Gasteiger partial charge >= 0.3 is 5.97 Å². The number of carboxylic acid groups (broad SMARTS) is 1. The first-order chi connectivity index (χ1) is 9.67. The molecule has 6 nitrogen and oxygen atoms in total. The molecule has 0 aromatic heterocycles. The second kappa shape index (κ2) is 5.14. The van der Waals surface area contributed by atoms with Crippen molar-refractivity contribution in [2.45, 2.75) is 30.9 Å². The van der Waals surface area contributed by atoms with Gasteiger partial charge in [0.05, 0.1) is 5.56 Å². The van der Waals surface area contributed by atoms with Gasteiger partial charge in [0.2, 0.25) is 5.91 Å². The van der Waals surface area contributed by atoms with Crippen LogP contribution in [0.25, 0.3) is 0 Å². The van der Waals surface area contributed by atoms with Gasteiger partial charge in [-0.25, -0.2) is 13.2 Å². The molecule has 1 fully saturated rings. The van der Waals surface area contributed by atoms with E-state index in [0.29, 0.717) is 30.5 Å². The Bertz CT molecular complexity index is 704. The van der Waals surface area contributed by atoms with Gasteiger partial charge in [0.1, 0.15) is 0 Å². The van der Waals surface area contributed by atoms with Crippen LogP contribution < -0.4 is 5.32 Å². The van der Waals surface area contributed by atoms with E-state index in [1.54, 1.807) is 6.92 Å². The molecule has 114 valence electrons. The van der Waals surface area contributed by atoms with Crippen LogP contribution in [0.3, 0.4) is 0 Å². The predicted molar refractivity (Wildman–Crippen MR) is 78.2 cm³/mol. The van der Waals surface area contributed by atoms with E-state index < -0.39 is 26.5 Å². The molecule has 0 heterocycles. The Morgan fingerprint density at radius 1 is 1.29 bits per heavy atom. The SMILES string of the molecule is Cc1cc(NC(=O)C2(S(C)(=O)=O)CCC2)ccc1C(=O)O. The Morgan fingerprint density at radius 2 is 1.90 bits per heavy atom. The fourth-order valence-corrected chi connectivity index (χ4v) is 3.91. The number of sulfone groups is 1. The fraction of sp³-hybridized carbons (Fsp3) is 0.429. The Balaban J connectivity index is 2.24. The third-order valence-corrected chi connectivity index (χ3v) is 6.01. The zero-order valence-electron chi connectivity index (χ0n) is 11.8. The van der Waals surface area contributed by atoms with Crippen LogP contribution in [-0.2, 0) is 14.6 Å². The van der Waals surface area contributed by atoms with Gasteiger partial charge in [-0.05, 0) is 49.9 Å². The minimum Gasteiger partial charge on any atom is -0.478 e. The first-order valence-electron chi connectivity index (χ1n) is 6.52. The molecule has 1 aromatic carbocycles. The maximum absolute atomic E-state index is 12.3. The molecule has 2 rings (SSSR count). The smallest absolute Gasteiger partial charge is 0.335 e. The highest BCUT2D eigenvalue weighted by atomic mass is 32.2. The van der Waals surface area contributed by atoms with Gasteiger partial charge in [-0.2, -0.15) is 0 Å². The van der Waals surface area contributed by atoms with Crippen LogP contribution in [0.1, 0.15) is 35.2 Å². The molecule has 7 heteroatoms. The molecule has 1 aromatic rings. The van der Waals surface area contributed by atoms with E-state index >= 15 is 0 Å². The van der Waals surface area contributed by atoms with Crippen molar-refractivity contribution in [1.29, 1.82) is 0 Å². The van der Waals surface area contributed by atoms with E-state index in [4.69, 9.17) is 5.11 Å². The zero-order chi connectivity index (χ0) is 15.8. The summed E-state index contributed by atoms with van der Waals surface area (Å²) in [5.74, 6) is -1.59. The van der Waals surface area contributed by atoms with Gasteiger partial charge in [-0.15, -0.1) is 0 Å². The standard InChI is InChI=1S/C14H17NO5S/c1-9-8-10(4-5-11(9)12(16)17)15-13(18)14(6-3-7-14)21(2,19)20/h4-5,8H,3,6-7H2,1-2H3,(H,15,18)(H,16,17). The zero-order valence-corrected chi connectivity index (χ0v) is 12.7. The normalized spacial score (nSPS) is 16.9. The molecule has 0 spiro atoms. The van der Waals surface area contributed by atoms with Gasteiger partial charge in [-0.1, -0.05) is 0 Å². The number of benzene rings is 1. The van der Waals surface area contributed by atoms with Gasteiger partial charge in [0, 0.05) is 11.9 Å². The van der Waals surface area contributed by atoms with Crippen molar-refractivity contribution >= 4 is 27.4 Å². The highest BCUT2D eigenvalue weighted by Crippen LogP contribution is 2.40. The summed E-state index contributed by atoms with van der Waals surface area (Å²) in [6, 6.07) is 4.38. The third-order valence-electron chi connectivity index (χ3n) is 4.00. The summed E-state index contributed by atoms with van der Waals surface area (Å²) in [5.41, 5.74) is 1.05. The molecule has 0 aliphatic heterocycles. The minimum atomic E-state index is -3.48. The molecule has 0 bridgehead atoms. The first kappa shape index (κ1) is 15.5. The average molecular weight is 311 g/mol. The number of hydrogen-bond donors (Lipinski definition) is 2. The largest absolute Gasteiger partial charge is 0.478 e. The van der Waals surface area contributed by atoms with Gasteiger partial charge in [0.25, 0.3) is 0 Å². The summed E-state index contributed by atoms with van der Waals surface area (Å²) in [4.78, 5) is 23.2. The van der Waals surface area contributed by atoms with Gasteiger partial charge in [0.15, 0.2) is 14.6 Å². The lowest BCUT2D eigenvalue weighted by molar-refractivity contribution is -0.120. The second-order valence-corrected chi connectivity index (χ2v) is 7.73. The fourth-order valence-electron chi connectivity index (χ4n) is 2.49. The number of carbonyl (C=O) groups excluding carboxylic acids is 1. The van der Waals surface area contributed by atoms with Crippen LogP contribution in [0.15, 0.2) is 18.2 Å². The van der Waals surface area contributed by atoms with Crippen LogP contribution in [0.5, 0.6) is 0 Å². The van der Waals surface area contributed by atoms with Gasteiger partial charge < -0.3 is 10.4 Å². The lowest BCUT2D eigenvalue weighted by Gasteiger charge is -2.38. The number of amides is 1. The lowest BCUT2D eigenvalue weighted by Crippen LogP contribution is -2.54. The average Bonchev–Trinajstić information content (AvgIpc) is 2.24. The molecular weight excluding hydrogens is 294 g/mol. The number of rotatable bonds is 4. The van der Waals surface area contributed by atoms with E-state index in [0.717, 1.165) is 6.26 Å². The van der Waals surface area contributed by atoms with Crippen LogP contribution in [0.4, 0.5) is 5.69 Å². The molecule has 0 saturated heterocycles. The Hall–Kier alpha value is -1.89. The Morgan fingerprint density at radius 3 is 2.29 bits per heavy atom. The van der Waals surface area contributed by atoms with Crippen molar-refractivity contribution < 1.29 is 23.1 Å². The number of carbonyl (C=O) groups is 2. The third kappa shape index (κ3) is 2.65. The highest BCUT2D eigenvalue weighted by Gasteiger charge is 2.52. The van der Waals surface area contributed by atoms with E-state index in [9.17, 15) is 18.0 Å². The van der Waals surface area contributed by atoms with Crippen LogP contribution >= 0.6 is 0 Å². The van der Waals surface area contributed by atoms with Crippen LogP contribution in [-0.4, -0.2) is 36.4 Å². The Labute approximate surface area is 123 Å². The van der Waals surface area contributed by atoms with Crippen molar-refractivity contribution in [2.24, 2.45) is 0 Å². The number of aromatic carboxylic acids is 1. The molecule has 1 amide bonds. The number of carboxylic acids is 1. The molecule has 1 aliphatic rings. The summed E-state index contributed by atoms with van der Waals surface area (Å²) < 4.78 is 22.3.